The van der Waals surface area contributed by atoms with Crippen LogP contribution in [0.1, 0.15) is 24.1 Å². The molecule has 0 aliphatic rings. The molecule has 0 unspecified atom stereocenters. The molecule has 2 aromatic rings. The summed E-state index contributed by atoms with van der Waals surface area (Å²) in [5.41, 5.74) is 2.00. The van der Waals surface area contributed by atoms with E-state index in [4.69, 9.17) is 0 Å². The summed E-state index contributed by atoms with van der Waals surface area (Å²) in [6.07, 6.45) is 0. The van der Waals surface area contributed by atoms with Crippen LogP contribution in [0.4, 0.5) is 8.78 Å². The van der Waals surface area contributed by atoms with Crippen molar-refractivity contribution in [3.63, 3.8) is 0 Å². The Balaban J connectivity index is 1.98. The third-order valence-electron chi connectivity index (χ3n) is 2.97. The fraction of sp³-hybridized carbons (Fsp3) is 0.200. The molecule has 2 rings (SSSR count). The van der Waals surface area contributed by atoms with Crippen molar-refractivity contribution >= 4 is 15.9 Å². The standard InChI is InChI=1S/C15H14BrF2N/c1-10(12-3-5-13(17)6-4-12)19-9-11-2-7-15(18)14(16)8-11/h2-8,10,19H,9H2,1H3/t10-/m1/s1. The molecule has 0 spiro atoms. The van der Waals surface area contributed by atoms with Crippen LogP contribution in [-0.2, 0) is 6.54 Å². The zero-order valence-electron chi connectivity index (χ0n) is 10.5. The molecule has 1 nitrogen and oxygen atoms in total. The summed E-state index contributed by atoms with van der Waals surface area (Å²) in [5.74, 6) is -0.506. The second-order valence-electron chi connectivity index (χ2n) is 4.40. The minimum absolute atomic E-state index is 0.101. The van der Waals surface area contributed by atoms with Crippen LogP contribution in [-0.4, -0.2) is 0 Å². The first-order valence-electron chi connectivity index (χ1n) is 5.99. The van der Waals surface area contributed by atoms with Crippen molar-refractivity contribution in [2.75, 3.05) is 0 Å². The van der Waals surface area contributed by atoms with Crippen molar-refractivity contribution in [3.05, 3.63) is 69.7 Å². The lowest BCUT2D eigenvalue weighted by molar-refractivity contribution is 0.569. The van der Waals surface area contributed by atoms with Gasteiger partial charge in [0, 0.05) is 12.6 Å². The molecule has 0 fully saturated rings. The second-order valence-corrected chi connectivity index (χ2v) is 5.26. The van der Waals surface area contributed by atoms with Crippen LogP contribution in [0.3, 0.4) is 0 Å². The molecule has 19 heavy (non-hydrogen) atoms. The minimum Gasteiger partial charge on any atom is -0.306 e. The Morgan fingerprint density at radius 2 is 1.79 bits per heavy atom. The van der Waals surface area contributed by atoms with E-state index >= 15 is 0 Å². The van der Waals surface area contributed by atoms with Gasteiger partial charge < -0.3 is 5.32 Å². The molecule has 4 heteroatoms. The third-order valence-corrected chi connectivity index (χ3v) is 3.57. The number of hydrogen-bond acceptors (Lipinski definition) is 1. The number of hydrogen-bond donors (Lipinski definition) is 1. The third kappa shape index (κ3) is 3.85. The number of halogens is 3. The molecule has 1 atom stereocenters. The Hall–Kier alpha value is -1.26. The molecule has 100 valence electrons. The van der Waals surface area contributed by atoms with Crippen LogP contribution < -0.4 is 5.32 Å². The van der Waals surface area contributed by atoms with Gasteiger partial charge in [0.2, 0.25) is 0 Å². The topological polar surface area (TPSA) is 12.0 Å². The zero-order valence-corrected chi connectivity index (χ0v) is 12.0. The Kier molecular flexibility index (Phi) is 4.66. The smallest absolute Gasteiger partial charge is 0.137 e. The molecule has 0 aliphatic heterocycles. The van der Waals surface area contributed by atoms with Gasteiger partial charge >= 0.3 is 0 Å². The molecule has 0 aliphatic carbocycles. The highest BCUT2D eigenvalue weighted by atomic mass is 79.9. The Morgan fingerprint density at radius 1 is 1.11 bits per heavy atom. The summed E-state index contributed by atoms with van der Waals surface area (Å²) in [6.45, 7) is 2.63. The first-order chi connectivity index (χ1) is 9.06. The summed E-state index contributed by atoms with van der Waals surface area (Å²) in [6, 6.07) is 11.4. The Morgan fingerprint density at radius 3 is 2.42 bits per heavy atom. The molecule has 0 heterocycles. The van der Waals surface area contributed by atoms with Gasteiger partial charge in [-0.05, 0) is 58.2 Å². The Labute approximate surface area is 119 Å². The van der Waals surface area contributed by atoms with Gasteiger partial charge in [0.1, 0.15) is 11.6 Å². The number of nitrogens with one attached hydrogen (secondary N) is 1. The van der Waals surface area contributed by atoms with Gasteiger partial charge in [-0.3, -0.25) is 0 Å². The van der Waals surface area contributed by atoms with Gasteiger partial charge in [-0.2, -0.15) is 0 Å². The van der Waals surface area contributed by atoms with Crippen LogP contribution in [0, 0.1) is 11.6 Å². The highest BCUT2D eigenvalue weighted by Crippen LogP contribution is 2.18. The van der Waals surface area contributed by atoms with Crippen LogP contribution in [0.5, 0.6) is 0 Å². The van der Waals surface area contributed by atoms with E-state index in [0.29, 0.717) is 11.0 Å². The fourth-order valence-corrected chi connectivity index (χ4v) is 2.22. The highest BCUT2D eigenvalue weighted by Gasteiger charge is 2.06. The largest absolute Gasteiger partial charge is 0.306 e. The molecule has 0 bridgehead atoms. The summed E-state index contributed by atoms with van der Waals surface area (Å²) >= 11 is 3.16. The minimum atomic E-state index is -0.268. The lowest BCUT2D eigenvalue weighted by atomic mass is 10.1. The quantitative estimate of drug-likeness (QED) is 0.867. The predicted molar refractivity (Wildman–Crippen MR) is 75.8 cm³/mol. The first-order valence-corrected chi connectivity index (χ1v) is 6.78. The van der Waals surface area contributed by atoms with Crippen LogP contribution >= 0.6 is 15.9 Å². The lowest BCUT2D eigenvalue weighted by Crippen LogP contribution is -2.18. The lowest BCUT2D eigenvalue weighted by Gasteiger charge is -2.14. The van der Waals surface area contributed by atoms with Crippen molar-refractivity contribution in [2.45, 2.75) is 19.5 Å². The average Bonchev–Trinajstić information content (AvgIpc) is 2.40. The van der Waals surface area contributed by atoms with Crippen LogP contribution in [0.2, 0.25) is 0 Å². The van der Waals surface area contributed by atoms with Crippen molar-refractivity contribution in [2.24, 2.45) is 0 Å². The number of benzene rings is 2. The van der Waals surface area contributed by atoms with Gasteiger partial charge in [-0.1, -0.05) is 18.2 Å². The maximum Gasteiger partial charge on any atom is 0.137 e. The van der Waals surface area contributed by atoms with Gasteiger partial charge in [0.25, 0.3) is 0 Å². The second kappa shape index (κ2) is 6.26. The van der Waals surface area contributed by atoms with Crippen LogP contribution in [0.15, 0.2) is 46.9 Å². The summed E-state index contributed by atoms with van der Waals surface area (Å²) < 4.78 is 26.4. The molecule has 0 saturated carbocycles. The van der Waals surface area contributed by atoms with E-state index in [0.717, 1.165) is 11.1 Å². The molecule has 0 radical (unpaired) electrons. The van der Waals surface area contributed by atoms with Crippen molar-refractivity contribution in [1.82, 2.24) is 5.32 Å². The molecular weight excluding hydrogens is 312 g/mol. The highest BCUT2D eigenvalue weighted by molar-refractivity contribution is 9.10. The monoisotopic (exact) mass is 325 g/mol. The molecule has 0 aromatic heterocycles. The van der Waals surface area contributed by atoms with Gasteiger partial charge in [0.05, 0.1) is 4.47 Å². The number of rotatable bonds is 4. The van der Waals surface area contributed by atoms with Crippen molar-refractivity contribution in [3.8, 4) is 0 Å². The fourth-order valence-electron chi connectivity index (χ4n) is 1.79. The van der Waals surface area contributed by atoms with E-state index in [1.165, 1.54) is 18.2 Å². The normalized spacial score (nSPS) is 12.4. The first kappa shape index (κ1) is 14.2. The molecule has 2 aromatic carbocycles. The summed E-state index contributed by atoms with van der Waals surface area (Å²) in [7, 11) is 0. The zero-order chi connectivity index (χ0) is 13.8. The SMILES string of the molecule is C[C@@H](NCc1ccc(F)c(Br)c1)c1ccc(F)cc1. The van der Waals surface area contributed by atoms with E-state index in [1.54, 1.807) is 24.3 Å². The van der Waals surface area contributed by atoms with E-state index in [9.17, 15) is 8.78 Å². The van der Waals surface area contributed by atoms with Crippen LogP contribution in [0.25, 0.3) is 0 Å². The molecule has 0 saturated heterocycles. The van der Waals surface area contributed by atoms with E-state index < -0.39 is 0 Å². The molecule has 0 amide bonds. The average molecular weight is 326 g/mol. The maximum absolute atomic E-state index is 13.1. The van der Waals surface area contributed by atoms with Crippen molar-refractivity contribution < 1.29 is 8.78 Å². The summed E-state index contributed by atoms with van der Waals surface area (Å²) in [5, 5.41) is 3.32. The van der Waals surface area contributed by atoms with E-state index in [2.05, 4.69) is 21.2 Å². The maximum atomic E-state index is 13.1. The molecular formula is C15H14BrF2N. The van der Waals surface area contributed by atoms with Gasteiger partial charge in [-0.15, -0.1) is 0 Å². The predicted octanol–water partition coefficient (Wildman–Crippen LogP) is 4.58. The molecule has 1 N–H and O–H groups in total. The Bertz CT molecular complexity index is 555. The summed E-state index contributed by atoms with van der Waals surface area (Å²) in [4.78, 5) is 0. The van der Waals surface area contributed by atoms with Crippen molar-refractivity contribution in [1.29, 1.82) is 0 Å². The van der Waals surface area contributed by atoms with Gasteiger partial charge in [0.15, 0.2) is 0 Å². The van der Waals surface area contributed by atoms with E-state index in [1.807, 2.05) is 6.92 Å². The van der Waals surface area contributed by atoms with E-state index in [-0.39, 0.29) is 17.7 Å². The van der Waals surface area contributed by atoms with Gasteiger partial charge in [-0.25, -0.2) is 8.78 Å².